The van der Waals surface area contributed by atoms with E-state index in [2.05, 4.69) is 55.2 Å². The minimum atomic E-state index is -0.0775. The number of pyridine rings is 1. The van der Waals surface area contributed by atoms with Crippen molar-refractivity contribution in [3.8, 4) is 11.1 Å². The molecule has 0 spiro atoms. The van der Waals surface area contributed by atoms with E-state index in [4.69, 9.17) is 10.5 Å². The zero-order valence-corrected chi connectivity index (χ0v) is 21.3. The Morgan fingerprint density at radius 1 is 1.09 bits per heavy atom. The molecule has 184 valence electrons. The lowest BCUT2D eigenvalue weighted by Crippen LogP contribution is -2.45. The number of amides is 1. The fourth-order valence-corrected chi connectivity index (χ4v) is 4.58. The molecule has 0 bridgehead atoms. The topological polar surface area (TPSA) is 68.5 Å². The highest BCUT2D eigenvalue weighted by Gasteiger charge is 2.47. The highest BCUT2D eigenvalue weighted by molar-refractivity contribution is 5.97. The van der Waals surface area contributed by atoms with Gasteiger partial charge in [-0.3, -0.25) is 9.78 Å². The van der Waals surface area contributed by atoms with Crippen molar-refractivity contribution in [1.29, 1.82) is 0 Å². The quantitative estimate of drug-likeness (QED) is 0.411. The Morgan fingerprint density at radius 3 is 2.34 bits per heavy atom. The molecule has 35 heavy (non-hydrogen) atoms. The minimum Gasteiger partial charge on any atom is -0.380 e. The van der Waals surface area contributed by atoms with Gasteiger partial charge >= 0.3 is 0 Å². The molecule has 1 aliphatic rings. The number of hydrogen-bond donors (Lipinski definition) is 1. The van der Waals surface area contributed by atoms with Crippen LogP contribution in [-0.2, 0) is 16.1 Å². The fraction of sp³-hybridized carbons (Fsp3) is 0.400. The number of hydrogen-bond acceptors (Lipinski definition) is 4. The van der Waals surface area contributed by atoms with E-state index >= 15 is 0 Å². The summed E-state index contributed by atoms with van der Waals surface area (Å²) in [5.41, 5.74) is 12.8. The van der Waals surface area contributed by atoms with Crippen molar-refractivity contribution in [2.45, 2.75) is 52.2 Å². The number of nitrogens with two attached hydrogens (primary N) is 1. The molecule has 1 aliphatic carbocycles. The molecule has 2 N–H and O–H groups in total. The second kappa shape index (κ2) is 11.1. The van der Waals surface area contributed by atoms with E-state index < -0.39 is 0 Å². The summed E-state index contributed by atoms with van der Waals surface area (Å²) < 4.78 is 5.21. The number of nitrogens with zero attached hydrogens (tertiary/aromatic N) is 2. The van der Waals surface area contributed by atoms with Crippen LogP contribution < -0.4 is 10.6 Å². The average Bonchev–Trinajstić information content (AvgIpc) is 3.68. The molecule has 4 rings (SSSR count). The van der Waals surface area contributed by atoms with Crippen LogP contribution >= 0.6 is 0 Å². The van der Waals surface area contributed by atoms with Crippen molar-refractivity contribution in [3.63, 3.8) is 0 Å². The van der Waals surface area contributed by atoms with Crippen molar-refractivity contribution in [3.05, 3.63) is 83.7 Å². The summed E-state index contributed by atoms with van der Waals surface area (Å²) in [5, 5.41) is 0. The van der Waals surface area contributed by atoms with E-state index in [-0.39, 0.29) is 23.8 Å². The van der Waals surface area contributed by atoms with Crippen LogP contribution in [0.5, 0.6) is 0 Å². The number of benzene rings is 2. The van der Waals surface area contributed by atoms with Crippen LogP contribution in [0.25, 0.3) is 11.1 Å². The molecular weight excluding hydrogens is 434 g/mol. The molecule has 1 amide bonds. The zero-order chi connectivity index (χ0) is 24.9. The Hall–Kier alpha value is -3.02. The summed E-state index contributed by atoms with van der Waals surface area (Å²) in [7, 11) is 1.70. The first-order valence-electron chi connectivity index (χ1n) is 12.6. The molecule has 5 heteroatoms. The number of carbonyl (C=O) groups excluding carboxylic acids is 1. The fourth-order valence-electron chi connectivity index (χ4n) is 4.58. The lowest BCUT2D eigenvalue weighted by atomic mass is 9.98. The number of aryl methyl sites for hydroxylation is 1. The van der Waals surface area contributed by atoms with Gasteiger partial charge in [0.1, 0.15) is 0 Å². The maximum atomic E-state index is 13.7. The summed E-state index contributed by atoms with van der Waals surface area (Å²) in [5.74, 6) is 0.633. The maximum Gasteiger partial charge on any atom is 0.230 e. The van der Waals surface area contributed by atoms with Gasteiger partial charge in [0.05, 0.1) is 6.61 Å². The third-order valence-corrected chi connectivity index (χ3v) is 7.21. The van der Waals surface area contributed by atoms with Gasteiger partial charge in [0.15, 0.2) is 0 Å². The van der Waals surface area contributed by atoms with Gasteiger partial charge in [-0.05, 0) is 60.2 Å². The number of methoxy groups -OCH3 is 1. The zero-order valence-electron chi connectivity index (χ0n) is 21.3. The number of anilines is 1. The molecule has 0 unspecified atom stereocenters. The summed E-state index contributed by atoms with van der Waals surface area (Å²) in [6.45, 7) is 7.41. The number of ether oxygens (including phenoxy) is 1. The first-order chi connectivity index (χ1) is 16.9. The Bertz CT molecular complexity index is 1130. The molecule has 2 aromatic carbocycles. The van der Waals surface area contributed by atoms with E-state index in [0.29, 0.717) is 19.1 Å². The number of carbonyl (C=O) groups is 1. The first-order valence-corrected chi connectivity index (χ1v) is 12.6. The van der Waals surface area contributed by atoms with Gasteiger partial charge in [0.25, 0.3) is 0 Å². The highest BCUT2D eigenvalue weighted by Crippen LogP contribution is 2.48. The van der Waals surface area contributed by atoms with Gasteiger partial charge < -0.3 is 15.4 Å². The molecule has 3 aromatic rings. The van der Waals surface area contributed by atoms with Crippen LogP contribution in [0.2, 0.25) is 0 Å². The van der Waals surface area contributed by atoms with Crippen LogP contribution in [0.3, 0.4) is 0 Å². The molecule has 1 saturated carbocycles. The summed E-state index contributed by atoms with van der Waals surface area (Å²) >= 11 is 0. The third kappa shape index (κ3) is 5.98. The molecule has 4 atom stereocenters. The monoisotopic (exact) mass is 471 g/mol. The molecule has 0 saturated heterocycles. The second-order valence-electron chi connectivity index (χ2n) is 9.83. The average molecular weight is 472 g/mol. The van der Waals surface area contributed by atoms with Crippen LogP contribution in [0.15, 0.2) is 66.7 Å². The summed E-state index contributed by atoms with van der Waals surface area (Å²) in [4.78, 5) is 20.3. The van der Waals surface area contributed by atoms with Gasteiger partial charge in [-0.2, -0.15) is 0 Å². The Balaban J connectivity index is 1.55. The van der Waals surface area contributed by atoms with Crippen LogP contribution in [0.4, 0.5) is 5.69 Å². The maximum absolute atomic E-state index is 13.7. The molecule has 1 fully saturated rings. The van der Waals surface area contributed by atoms with E-state index in [1.54, 1.807) is 7.11 Å². The minimum absolute atomic E-state index is 0.0403. The SMILES string of the molecule is CC[C@H](C)[C@H](N)CN(C(=O)[C@H]1C[C@@H]1c1cccc(C)n1)c1ccc(-c2ccc(COC)cc2)cc1. The van der Waals surface area contributed by atoms with Gasteiger partial charge in [0.2, 0.25) is 5.91 Å². The smallest absolute Gasteiger partial charge is 0.230 e. The lowest BCUT2D eigenvalue weighted by Gasteiger charge is -2.29. The van der Waals surface area contributed by atoms with E-state index in [1.807, 2.05) is 42.2 Å². The standard InChI is InChI=1S/C30H37N3O2/c1-5-20(2)28(31)18-33(30(34)27-17-26(27)29-8-6-7-21(3)32-29)25-15-13-24(14-16-25)23-11-9-22(10-12-23)19-35-4/h6-16,20,26-28H,5,17-19,31H2,1-4H3/t20-,26-,27-,28+/m0/s1. The van der Waals surface area contributed by atoms with Crippen LogP contribution in [0, 0.1) is 18.8 Å². The summed E-state index contributed by atoms with van der Waals surface area (Å²) in [6.07, 6.45) is 1.83. The van der Waals surface area contributed by atoms with Crippen LogP contribution in [0.1, 0.15) is 49.6 Å². The molecule has 1 heterocycles. The normalized spacial score (nSPS) is 18.7. The predicted octanol–water partition coefficient (Wildman–Crippen LogP) is 5.71. The molecule has 0 aliphatic heterocycles. The van der Waals surface area contributed by atoms with Crippen molar-refractivity contribution in [1.82, 2.24) is 4.98 Å². The Morgan fingerprint density at radius 2 is 1.74 bits per heavy atom. The Labute approximate surface area is 209 Å². The predicted molar refractivity (Wildman–Crippen MR) is 142 cm³/mol. The molecule has 0 radical (unpaired) electrons. The van der Waals surface area contributed by atoms with Gasteiger partial charge in [-0.15, -0.1) is 0 Å². The van der Waals surface area contributed by atoms with Crippen molar-refractivity contribution in [2.75, 3.05) is 18.6 Å². The van der Waals surface area contributed by atoms with E-state index in [9.17, 15) is 4.79 Å². The van der Waals surface area contributed by atoms with E-state index in [1.165, 1.54) is 0 Å². The van der Waals surface area contributed by atoms with Gasteiger partial charge in [-0.1, -0.05) is 62.7 Å². The second-order valence-corrected chi connectivity index (χ2v) is 9.83. The van der Waals surface area contributed by atoms with Crippen molar-refractivity contribution < 1.29 is 9.53 Å². The molecule has 1 aromatic heterocycles. The third-order valence-electron chi connectivity index (χ3n) is 7.21. The lowest BCUT2D eigenvalue weighted by molar-refractivity contribution is -0.120. The largest absolute Gasteiger partial charge is 0.380 e. The van der Waals surface area contributed by atoms with Crippen LogP contribution in [-0.4, -0.2) is 30.6 Å². The van der Waals surface area contributed by atoms with Crippen molar-refractivity contribution >= 4 is 11.6 Å². The highest BCUT2D eigenvalue weighted by atomic mass is 16.5. The van der Waals surface area contributed by atoms with Gasteiger partial charge in [-0.25, -0.2) is 0 Å². The van der Waals surface area contributed by atoms with E-state index in [0.717, 1.165) is 46.6 Å². The number of rotatable bonds is 10. The first kappa shape index (κ1) is 25.1. The molecular formula is C30H37N3O2. The summed E-state index contributed by atoms with van der Waals surface area (Å²) in [6, 6.07) is 22.6. The van der Waals surface area contributed by atoms with Gasteiger partial charge in [0, 0.05) is 48.6 Å². The Kier molecular flexibility index (Phi) is 7.99. The van der Waals surface area contributed by atoms with Crippen molar-refractivity contribution in [2.24, 2.45) is 17.6 Å². The molecule has 5 nitrogen and oxygen atoms in total. The number of aromatic nitrogens is 1.